The monoisotopic (exact) mass is 365 g/mol. The fraction of sp³-hybridized carbons (Fsp3) is 0.400. The van der Waals surface area contributed by atoms with Gasteiger partial charge in [0, 0.05) is 38.5 Å². The van der Waals surface area contributed by atoms with Crippen LogP contribution in [0.25, 0.3) is 0 Å². The molecule has 0 spiro atoms. The number of nitriles is 1. The number of piperidine rings is 1. The van der Waals surface area contributed by atoms with Gasteiger partial charge in [-0.3, -0.25) is 5.01 Å². The van der Waals surface area contributed by atoms with E-state index in [1.54, 1.807) is 17.1 Å². The smallest absolute Gasteiger partial charge is 0.152 e. The molecule has 3 heterocycles. The standard InChI is InChI=1S/C20H23N5O2/c1-13-10-17-19(24(2)23-20(17)26)22-18(13)25-8-6-15(7-9-25)27-16-5-3-4-14(11-16)12-21/h3-5,10-11,15,20,23,26H,6-9H2,1-2H3. The van der Waals surface area contributed by atoms with Crippen molar-refractivity contribution in [1.29, 1.82) is 5.26 Å². The molecule has 2 aliphatic rings. The average Bonchev–Trinajstić information content (AvgIpc) is 2.95. The first-order valence-corrected chi connectivity index (χ1v) is 9.16. The Hall–Kier alpha value is -2.82. The molecule has 7 nitrogen and oxygen atoms in total. The number of benzene rings is 1. The highest BCUT2D eigenvalue weighted by atomic mass is 16.5. The number of hydrazine groups is 1. The van der Waals surface area contributed by atoms with E-state index in [0.29, 0.717) is 5.56 Å². The molecule has 140 valence electrons. The number of pyridine rings is 1. The second-order valence-corrected chi connectivity index (χ2v) is 7.08. The summed E-state index contributed by atoms with van der Waals surface area (Å²) in [5, 5.41) is 20.8. The molecule has 1 aromatic carbocycles. The first-order chi connectivity index (χ1) is 13.0. The first-order valence-electron chi connectivity index (χ1n) is 9.16. The Kier molecular flexibility index (Phi) is 4.60. The number of aryl methyl sites for hydroxylation is 1. The van der Waals surface area contributed by atoms with Crippen LogP contribution in [0.15, 0.2) is 30.3 Å². The predicted octanol–water partition coefficient (Wildman–Crippen LogP) is 2.25. The molecule has 0 bridgehead atoms. The molecule has 7 heteroatoms. The van der Waals surface area contributed by atoms with Crippen molar-refractivity contribution in [2.75, 3.05) is 30.0 Å². The van der Waals surface area contributed by atoms with Gasteiger partial charge in [-0.25, -0.2) is 10.4 Å². The highest BCUT2D eigenvalue weighted by Gasteiger charge is 2.29. The van der Waals surface area contributed by atoms with Crippen LogP contribution >= 0.6 is 0 Å². The number of rotatable bonds is 3. The Morgan fingerprint density at radius 1 is 1.26 bits per heavy atom. The van der Waals surface area contributed by atoms with Crippen molar-refractivity contribution >= 4 is 11.6 Å². The maximum atomic E-state index is 10.0. The van der Waals surface area contributed by atoms with Crippen LogP contribution in [0.2, 0.25) is 0 Å². The van der Waals surface area contributed by atoms with Gasteiger partial charge in [-0.05, 0) is 36.8 Å². The minimum atomic E-state index is -0.700. The Labute approximate surface area is 158 Å². The molecule has 0 saturated carbocycles. The van der Waals surface area contributed by atoms with Gasteiger partial charge >= 0.3 is 0 Å². The van der Waals surface area contributed by atoms with Crippen LogP contribution in [0.5, 0.6) is 5.75 Å². The van der Waals surface area contributed by atoms with Crippen LogP contribution < -0.4 is 20.1 Å². The summed E-state index contributed by atoms with van der Waals surface area (Å²) in [5.41, 5.74) is 5.44. The number of nitrogens with zero attached hydrogens (tertiary/aromatic N) is 4. The third-order valence-electron chi connectivity index (χ3n) is 5.13. The van der Waals surface area contributed by atoms with Gasteiger partial charge < -0.3 is 14.7 Å². The van der Waals surface area contributed by atoms with Gasteiger partial charge in [0.2, 0.25) is 0 Å². The molecule has 2 aromatic rings. The van der Waals surface area contributed by atoms with E-state index in [9.17, 15) is 5.11 Å². The maximum absolute atomic E-state index is 10.0. The zero-order valence-corrected chi connectivity index (χ0v) is 15.5. The Bertz CT molecular complexity index is 886. The molecule has 1 fully saturated rings. The fourth-order valence-electron chi connectivity index (χ4n) is 3.74. The number of aliphatic hydroxyl groups is 1. The van der Waals surface area contributed by atoms with Crippen LogP contribution in [0, 0.1) is 18.3 Å². The lowest BCUT2D eigenvalue weighted by atomic mass is 10.1. The largest absolute Gasteiger partial charge is 0.490 e. The van der Waals surface area contributed by atoms with Crippen LogP contribution in [-0.2, 0) is 0 Å². The first kappa shape index (κ1) is 17.6. The van der Waals surface area contributed by atoms with Crippen LogP contribution in [-0.4, -0.2) is 36.3 Å². The van der Waals surface area contributed by atoms with E-state index in [-0.39, 0.29) is 6.10 Å². The number of anilines is 2. The summed E-state index contributed by atoms with van der Waals surface area (Å²) >= 11 is 0. The molecule has 1 saturated heterocycles. The van der Waals surface area contributed by atoms with E-state index < -0.39 is 6.23 Å². The van der Waals surface area contributed by atoms with Crippen LogP contribution in [0.1, 0.15) is 35.8 Å². The molecule has 1 aromatic heterocycles. The van der Waals surface area contributed by atoms with Gasteiger partial charge in [-0.15, -0.1) is 0 Å². The lowest BCUT2D eigenvalue weighted by molar-refractivity contribution is 0.150. The number of fused-ring (bicyclic) bond motifs is 1. The van der Waals surface area contributed by atoms with Crippen molar-refractivity contribution in [2.45, 2.75) is 32.1 Å². The normalized spacial score (nSPS) is 19.7. The van der Waals surface area contributed by atoms with E-state index in [2.05, 4.69) is 16.4 Å². The molecule has 0 radical (unpaired) electrons. The second-order valence-electron chi connectivity index (χ2n) is 7.08. The molecular formula is C20H23N5O2. The molecule has 4 rings (SSSR count). The third-order valence-corrected chi connectivity index (χ3v) is 5.13. The summed E-state index contributed by atoms with van der Waals surface area (Å²) in [6, 6.07) is 11.5. The molecule has 0 amide bonds. The number of hydrogen-bond acceptors (Lipinski definition) is 7. The summed E-state index contributed by atoms with van der Waals surface area (Å²) in [4.78, 5) is 7.07. The average molecular weight is 365 g/mol. The highest BCUT2D eigenvalue weighted by molar-refractivity contribution is 5.60. The van der Waals surface area contributed by atoms with Crippen molar-refractivity contribution in [3.63, 3.8) is 0 Å². The summed E-state index contributed by atoms with van der Waals surface area (Å²) in [6.07, 6.45) is 1.22. The second kappa shape index (κ2) is 7.06. The molecule has 1 unspecified atom stereocenters. The van der Waals surface area contributed by atoms with Gasteiger partial charge in [0.1, 0.15) is 17.7 Å². The molecular weight excluding hydrogens is 342 g/mol. The Morgan fingerprint density at radius 2 is 2.04 bits per heavy atom. The third kappa shape index (κ3) is 3.42. The molecule has 2 aliphatic heterocycles. The summed E-state index contributed by atoms with van der Waals surface area (Å²) < 4.78 is 6.07. The van der Waals surface area contributed by atoms with Gasteiger partial charge in [-0.1, -0.05) is 6.07 Å². The number of ether oxygens (including phenoxy) is 1. The van der Waals surface area contributed by atoms with E-state index >= 15 is 0 Å². The van der Waals surface area contributed by atoms with Crippen molar-refractivity contribution < 1.29 is 9.84 Å². The Balaban J connectivity index is 1.44. The summed E-state index contributed by atoms with van der Waals surface area (Å²) in [5.74, 6) is 2.48. The SMILES string of the molecule is Cc1cc2c(nc1N1CCC(Oc3cccc(C#N)c3)CC1)N(C)NC2O. The van der Waals surface area contributed by atoms with Gasteiger partial charge in [0.15, 0.2) is 12.0 Å². The Morgan fingerprint density at radius 3 is 2.78 bits per heavy atom. The zero-order valence-electron chi connectivity index (χ0n) is 15.5. The van der Waals surface area contributed by atoms with Gasteiger partial charge in [0.05, 0.1) is 11.6 Å². The number of aromatic nitrogens is 1. The molecule has 2 N–H and O–H groups in total. The number of aliphatic hydroxyl groups excluding tert-OH is 1. The lowest BCUT2D eigenvalue weighted by Crippen LogP contribution is -2.39. The van der Waals surface area contributed by atoms with E-state index in [0.717, 1.165) is 54.4 Å². The van der Waals surface area contributed by atoms with Gasteiger partial charge in [-0.2, -0.15) is 5.26 Å². The minimum absolute atomic E-state index is 0.135. The van der Waals surface area contributed by atoms with Crippen LogP contribution in [0.4, 0.5) is 11.6 Å². The molecule has 0 aliphatic carbocycles. The topological polar surface area (TPSA) is 84.7 Å². The number of hydrogen-bond donors (Lipinski definition) is 2. The maximum Gasteiger partial charge on any atom is 0.152 e. The summed E-state index contributed by atoms with van der Waals surface area (Å²) in [6.45, 7) is 3.74. The van der Waals surface area contributed by atoms with Crippen molar-refractivity contribution in [1.82, 2.24) is 10.4 Å². The molecule has 27 heavy (non-hydrogen) atoms. The van der Waals surface area contributed by atoms with Crippen LogP contribution in [0.3, 0.4) is 0 Å². The lowest BCUT2D eigenvalue weighted by Gasteiger charge is -2.34. The van der Waals surface area contributed by atoms with E-state index in [4.69, 9.17) is 15.0 Å². The number of nitrogens with one attached hydrogen (secondary N) is 1. The van der Waals surface area contributed by atoms with Crippen molar-refractivity contribution in [3.05, 3.63) is 47.0 Å². The van der Waals surface area contributed by atoms with Gasteiger partial charge in [0.25, 0.3) is 0 Å². The summed E-state index contributed by atoms with van der Waals surface area (Å²) in [7, 11) is 1.86. The minimum Gasteiger partial charge on any atom is -0.490 e. The highest BCUT2D eigenvalue weighted by Crippen LogP contribution is 2.34. The predicted molar refractivity (Wildman–Crippen MR) is 102 cm³/mol. The fourth-order valence-corrected chi connectivity index (χ4v) is 3.74. The molecule has 1 atom stereocenters. The quantitative estimate of drug-likeness (QED) is 0.863. The van der Waals surface area contributed by atoms with Crippen molar-refractivity contribution in [3.8, 4) is 11.8 Å². The van der Waals surface area contributed by atoms with E-state index in [1.807, 2.05) is 32.2 Å². The van der Waals surface area contributed by atoms with Crippen molar-refractivity contribution in [2.24, 2.45) is 0 Å². The van der Waals surface area contributed by atoms with E-state index in [1.165, 1.54) is 0 Å². The zero-order chi connectivity index (χ0) is 19.0.